The summed E-state index contributed by atoms with van der Waals surface area (Å²) < 4.78 is 0.709. The number of hydrogen-bond acceptors (Lipinski definition) is 4. The highest BCUT2D eigenvalue weighted by molar-refractivity contribution is 9.10. The van der Waals surface area contributed by atoms with Crippen LogP contribution in [0.15, 0.2) is 22.8 Å². The summed E-state index contributed by atoms with van der Waals surface area (Å²) in [5, 5.41) is 19.5. The van der Waals surface area contributed by atoms with Gasteiger partial charge in [0.25, 0.3) is 5.91 Å². The van der Waals surface area contributed by atoms with E-state index in [2.05, 4.69) is 26.2 Å². The molecule has 1 heterocycles. The zero-order valence-electron chi connectivity index (χ0n) is 8.05. The molecule has 0 radical (unpaired) electrons. The lowest BCUT2D eigenvalue weighted by molar-refractivity contribution is -0.140. The highest BCUT2D eigenvalue weighted by Gasteiger charge is 2.19. The number of nitrogens with zero attached hydrogens (tertiary/aromatic N) is 1. The van der Waals surface area contributed by atoms with E-state index in [1.165, 1.54) is 12.3 Å². The number of carbonyl (C=O) groups excluding carboxylic acids is 1. The third kappa shape index (κ3) is 3.28. The molecular weight excluding hydrogens is 280 g/mol. The van der Waals surface area contributed by atoms with Gasteiger partial charge in [0.1, 0.15) is 5.69 Å². The SMILES string of the molecule is O=C(N[C@@H](CO)C(=O)O)c1ccc(Br)cn1. The Morgan fingerprint density at radius 3 is 2.62 bits per heavy atom. The maximum Gasteiger partial charge on any atom is 0.328 e. The molecule has 7 heteroatoms. The minimum Gasteiger partial charge on any atom is -0.480 e. The number of aliphatic hydroxyl groups excluding tert-OH is 1. The molecule has 0 aliphatic rings. The van der Waals surface area contributed by atoms with Crippen LogP contribution in [0.4, 0.5) is 0 Å². The Morgan fingerprint density at radius 1 is 1.50 bits per heavy atom. The molecule has 86 valence electrons. The summed E-state index contributed by atoms with van der Waals surface area (Å²) in [5.74, 6) is -1.94. The van der Waals surface area contributed by atoms with E-state index in [1.807, 2.05) is 0 Å². The number of aromatic nitrogens is 1. The zero-order valence-corrected chi connectivity index (χ0v) is 9.64. The van der Waals surface area contributed by atoms with E-state index in [1.54, 1.807) is 6.07 Å². The number of hydrogen-bond donors (Lipinski definition) is 3. The van der Waals surface area contributed by atoms with Gasteiger partial charge >= 0.3 is 5.97 Å². The van der Waals surface area contributed by atoms with E-state index in [-0.39, 0.29) is 5.69 Å². The fraction of sp³-hybridized carbons (Fsp3) is 0.222. The second-order valence-electron chi connectivity index (χ2n) is 2.91. The molecule has 0 aliphatic heterocycles. The summed E-state index contributed by atoms with van der Waals surface area (Å²) in [4.78, 5) is 25.8. The van der Waals surface area contributed by atoms with Crippen molar-refractivity contribution in [1.29, 1.82) is 0 Å². The molecule has 0 fully saturated rings. The molecule has 0 aromatic carbocycles. The average molecular weight is 289 g/mol. The van der Waals surface area contributed by atoms with E-state index in [4.69, 9.17) is 10.2 Å². The van der Waals surface area contributed by atoms with Crippen LogP contribution in [0.5, 0.6) is 0 Å². The highest BCUT2D eigenvalue weighted by atomic mass is 79.9. The van der Waals surface area contributed by atoms with Crippen molar-refractivity contribution in [2.75, 3.05) is 6.61 Å². The summed E-state index contributed by atoms with van der Waals surface area (Å²) >= 11 is 3.15. The Hall–Kier alpha value is -1.47. The number of rotatable bonds is 4. The standard InChI is InChI=1S/C9H9BrN2O4/c10-5-1-2-6(11-3-5)8(14)12-7(4-13)9(15)16/h1-3,7,13H,4H2,(H,12,14)(H,15,16)/t7-/m0/s1. The summed E-state index contributed by atoms with van der Waals surface area (Å²) in [6.07, 6.45) is 1.42. The average Bonchev–Trinajstić information content (AvgIpc) is 2.26. The molecule has 3 N–H and O–H groups in total. The van der Waals surface area contributed by atoms with Gasteiger partial charge in [0, 0.05) is 10.7 Å². The lowest BCUT2D eigenvalue weighted by Crippen LogP contribution is -2.43. The molecule has 1 amide bonds. The highest BCUT2D eigenvalue weighted by Crippen LogP contribution is 2.07. The molecule has 0 saturated carbocycles. The maximum atomic E-state index is 11.5. The van der Waals surface area contributed by atoms with Gasteiger partial charge in [-0.2, -0.15) is 0 Å². The number of carboxylic acids is 1. The summed E-state index contributed by atoms with van der Waals surface area (Å²) in [7, 11) is 0. The van der Waals surface area contributed by atoms with Crippen LogP contribution < -0.4 is 5.32 Å². The Balaban J connectivity index is 2.71. The molecule has 1 rings (SSSR count). The van der Waals surface area contributed by atoms with Crippen LogP contribution >= 0.6 is 15.9 Å². The molecule has 1 atom stereocenters. The van der Waals surface area contributed by atoms with E-state index in [0.29, 0.717) is 4.47 Å². The van der Waals surface area contributed by atoms with E-state index in [0.717, 1.165) is 0 Å². The Morgan fingerprint density at radius 2 is 2.19 bits per heavy atom. The number of aliphatic hydroxyl groups is 1. The second kappa shape index (κ2) is 5.57. The van der Waals surface area contributed by atoms with Crippen molar-refractivity contribution in [2.45, 2.75) is 6.04 Å². The fourth-order valence-corrected chi connectivity index (χ4v) is 1.16. The maximum absolute atomic E-state index is 11.5. The largest absolute Gasteiger partial charge is 0.480 e. The smallest absolute Gasteiger partial charge is 0.328 e. The molecule has 6 nitrogen and oxygen atoms in total. The Kier molecular flexibility index (Phi) is 4.39. The van der Waals surface area contributed by atoms with Crippen molar-refractivity contribution in [3.63, 3.8) is 0 Å². The first-order chi connectivity index (χ1) is 7.54. The van der Waals surface area contributed by atoms with Crippen LogP contribution in [0.3, 0.4) is 0 Å². The minimum absolute atomic E-state index is 0.0860. The summed E-state index contributed by atoms with van der Waals surface area (Å²) in [6.45, 7) is -0.669. The van der Waals surface area contributed by atoms with E-state index < -0.39 is 24.5 Å². The predicted molar refractivity (Wildman–Crippen MR) is 57.9 cm³/mol. The van der Waals surface area contributed by atoms with Gasteiger partial charge in [-0.1, -0.05) is 0 Å². The van der Waals surface area contributed by atoms with Crippen molar-refractivity contribution in [1.82, 2.24) is 10.3 Å². The number of carboxylic acid groups (broad SMARTS) is 1. The molecule has 0 unspecified atom stereocenters. The minimum atomic E-state index is -1.32. The van der Waals surface area contributed by atoms with Crippen LogP contribution in [0, 0.1) is 0 Å². The Labute approximate surface area is 99.4 Å². The fourth-order valence-electron chi connectivity index (χ4n) is 0.928. The molecule has 0 bridgehead atoms. The number of halogens is 1. The van der Waals surface area contributed by atoms with Crippen molar-refractivity contribution in [3.8, 4) is 0 Å². The van der Waals surface area contributed by atoms with Gasteiger partial charge in [0.05, 0.1) is 6.61 Å². The van der Waals surface area contributed by atoms with Crippen LogP contribution in [0.25, 0.3) is 0 Å². The first kappa shape index (κ1) is 12.6. The number of carbonyl (C=O) groups is 2. The van der Waals surface area contributed by atoms with Gasteiger partial charge in [0.2, 0.25) is 0 Å². The molecule has 1 aromatic rings. The summed E-state index contributed by atoms with van der Waals surface area (Å²) in [5.41, 5.74) is 0.0860. The molecule has 1 aromatic heterocycles. The van der Waals surface area contributed by atoms with Crippen molar-refractivity contribution in [2.24, 2.45) is 0 Å². The van der Waals surface area contributed by atoms with Crippen LogP contribution in [0.1, 0.15) is 10.5 Å². The number of nitrogens with one attached hydrogen (secondary N) is 1. The second-order valence-corrected chi connectivity index (χ2v) is 3.82. The lowest BCUT2D eigenvalue weighted by Gasteiger charge is -2.10. The van der Waals surface area contributed by atoms with Crippen LogP contribution in [-0.2, 0) is 4.79 Å². The van der Waals surface area contributed by atoms with E-state index >= 15 is 0 Å². The zero-order chi connectivity index (χ0) is 12.1. The Bertz CT molecular complexity index is 393. The van der Waals surface area contributed by atoms with Crippen molar-refractivity contribution < 1.29 is 19.8 Å². The predicted octanol–water partition coefficient (Wildman–Crippen LogP) is 0.0194. The van der Waals surface area contributed by atoms with Crippen molar-refractivity contribution in [3.05, 3.63) is 28.5 Å². The van der Waals surface area contributed by atoms with Crippen LogP contribution in [-0.4, -0.2) is 39.7 Å². The van der Waals surface area contributed by atoms with Gasteiger partial charge in [-0.25, -0.2) is 9.78 Å². The van der Waals surface area contributed by atoms with Crippen molar-refractivity contribution >= 4 is 27.8 Å². The van der Waals surface area contributed by atoms with Gasteiger partial charge in [-0.3, -0.25) is 4.79 Å². The third-order valence-corrected chi connectivity index (χ3v) is 2.22. The normalized spacial score (nSPS) is 11.9. The van der Waals surface area contributed by atoms with Gasteiger partial charge in [-0.15, -0.1) is 0 Å². The topological polar surface area (TPSA) is 99.5 Å². The molecule has 0 spiro atoms. The molecule has 0 aliphatic carbocycles. The molecular formula is C9H9BrN2O4. The van der Waals surface area contributed by atoms with E-state index in [9.17, 15) is 9.59 Å². The lowest BCUT2D eigenvalue weighted by atomic mass is 10.3. The molecule has 0 saturated heterocycles. The van der Waals surface area contributed by atoms with Gasteiger partial charge < -0.3 is 15.5 Å². The quantitative estimate of drug-likeness (QED) is 0.725. The van der Waals surface area contributed by atoms with Gasteiger partial charge in [-0.05, 0) is 28.1 Å². The van der Waals surface area contributed by atoms with Gasteiger partial charge in [0.15, 0.2) is 6.04 Å². The summed E-state index contributed by atoms with van der Waals surface area (Å²) in [6, 6.07) is 1.73. The molecule has 16 heavy (non-hydrogen) atoms. The first-order valence-corrected chi connectivity index (χ1v) is 5.10. The number of pyridine rings is 1. The van der Waals surface area contributed by atoms with Crippen LogP contribution in [0.2, 0.25) is 0 Å². The third-order valence-electron chi connectivity index (χ3n) is 1.75. The first-order valence-electron chi connectivity index (χ1n) is 4.30. The number of aliphatic carboxylic acids is 1. The number of amides is 1. The monoisotopic (exact) mass is 288 g/mol.